The van der Waals surface area contributed by atoms with Crippen LogP contribution in [0, 0.1) is 0 Å². The van der Waals surface area contributed by atoms with Crippen LogP contribution in [0.4, 0.5) is 10.5 Å². The van der Waals surface area contributed by atoms with Gasteiger partial charge in [0.2, 0.25) is 0 Å². The molecule has 0 aromatic heterocycles. The number of hydrogen-bond acceptors (Lipinski definition) is 2. The van der Waals surface area contributed by atoms with E-state index in [1.54, 1.807) is 18.2 Å². The number of nitrogens with zero attached hydrogens (tertiary/aromatic N) is 2. The van der Waals surface area contributed by atoms with Gasteiger partial charge in [0.1, 0.15) is 0 Å². The number of hydrogen-bond donors (Lipinski definition) is 1. The first-order valence-corrected chi connectivity index (χ1v) is 10.6. The summed E-state index contributed by atoms with van der Waals surface area (Å²) in [6.45, 7) is 4.30. The van der Waals surface area contributed by atoms with Gasteiger partial charge in [0.05, 0.1) is 0 Å². The Bertz CT molecular complexity index is 578. The zero-order valence-corrected chi connectivity index (χ0v) is 16.9. The Morgan fingerprint density at radius 2 is 1.69 bits per heavy atom. The lowest BCUT2D eigenvalue weighted by Gasteiger charge is -2.35. The molecule has 0 radical (unpaired) electrons. The Morgan fingerprint density at radius 1 is 1.04 bits per heavy atom. The highest BCUT2D eigenvalue weighted by atomic mass is 35.5. The summed E-state index contributed by atoms with van der Waals surface area (Å²) in [5, 5.41) is 4.07. The highest BCUT2D eigenvalue weighted by Crippen LogP contribution is 2.26. The first-order chi connectivity index (χ1) is 12.6. The number of rotatable bonds is 6. The standard InChI is InChI=1S/C20H29Cl2N3O/c21-16-13-17(22)15-18(14-16)23-20(26)25(19-7-2-1-3-8-19)12-6-11-24-9-4-5-10-24/h13-15,19H,1-12H2,(H,23,26). The molecule has 1 aromatic rings. The molecule has 0 atom stereocenters. The van der Waals surface area contributed by atoms with Gasteiger partial charge in [-0.05, 0) is 69.9 Å². The maximum Gasteiger partial charge on any atom is 0.322 e. The monoisotopic (exact) mass is 397 g/mol. The highest BCUT2D eigenvalue weighted by molar-refractivity contribution is 6.35. The van der Waals surface area contributed by atoms with Crippen LogP contribution in [0.15, 0.2) is 18.2 Å². The number of benzene rings is 1. The normalized spacial score (nSPS) is 18.8. The smallest absolute Gasteiger partial charge is 0.322 e. The fourth-order valence-corrected chi connectivity index (χ4v) is 4.66. The number of amides is 2. The summed E-state index contributed by atoms with van der Waals surface area (Å²) in [4.78, 5) is 17.5. The molecule has 0 spiro atoms. The van der Waals surface area contributed by atoms with Gasteiger partial charge < -0.3 is 15.1 Å². The second-order valence-electron chi connectivity index (χ2n) is 7.48. The number of carbonyl (C=O) groups excluding carboxylic acids is 1. The fraction of sp³-hybridized carbons (Fsp3) is 0.650. The zero-order valence-electron chi connectivity index (χ0n) is 15.4. The molecule has 4 nitrogen and oxygen atoms in total. The lowest BCUT2D eigenvalue weighted by atomic mass is 9.94. The minimum absolute atomic E-state index is 0.0309. The van der Waals surface area contributed by atoms with Crippen molar-refractivity contribution in [2.45, 2.75) is 57.4 Å². The van der Waals surface area contributed by atoms with E-state index in [2.05, 4.69) is 10.2 Å². The molecular formula is C20H29Cl2N3O. The predicted molar refractivity (Wildman–Crippen MR) is 109 cm³/mol. The predicted octanol–water partition coefficient (Wildman–Crippen LogP) is 5.65. The molecule has 3 rings (SSSR count). The fourth-order valence-electron chi connectivity index (χ4n) is 4.13. The maximum atomic E-state index is 13.0. The van der Waals surface area contributed by atoms with E-state index in [1.165, 1.54) is 45.2 Å². The minimum Gasteiger partial charge on any atom is -0.322 e. The molecule has 1 saturated carbocycles. The molecule has 1 saturated heterocycles. The molecule has 1 heterocycles. The summed E-state index contributed by atoms with van der Waals surface area (Å²) in [5.41, 5.74) is 0.660. The van der Waals surface area contributed by atoms with Crippen molar-refractivity contribution in [1.29, 1.82) is 0 Å². The van der Waals surface area contributed by atoms with E-state index in [4.69, 9.17) is 23.2 Å². The third kappa shape index (κ3) is 5.77. The molecule has 2 amide bonds. The van der Waals surface area contributed by atoms with E-state index >= 15 is 0 Å². The van der Waals surface area contributed by atoms with Crippen molar-refractivity contribution in [2.24, 2.45) is 0 Å². The number of carbonyl (C=O) groups is 1. The van der Waals surface area contributed by atoms with E-state index in [0.29, 0.717) is 21.8 Å². The van der Waals surface area contributed by atoms with Crippen molar-refractivity contribution < 1.29 is 4.79 Å². The lowest BCUT2D eigenvalue weighted by Crippen LogP contribution is -2.45. The largest absolute Gasteiger partial charge is 0.322 e. The Balaban J connectivity index is 1.61. The molecule has 1 N–H and O–H groups in total. The van der Waals surface area contributed by atoms with Gasteiger partial charge in [-0.15, -0.1) is 0 Å². The average Bonchev–Trinajstić information content (AvgIpc) is 3.12. The summed E-state index contributed by atoms with van der Waals surface area (Å²) in [6.07, 6.45) is 9.56. The van der Waals surface area contributed by atoms with Gasteiger partial charge in [0.25, 0.3) is 0 Å². The van der Waals surface area contributed by atoms with Crippen molar-refractivity contribution in [1.82, 2.24) is 9.80 Å². The molecule has 26 heavy (non-hydrogen) atoms. The molecule has 6 heteroatoms. The van der Waals surface area contributed by atoms with Crippen molar-refractivity contribution in [3.63, 3.8) is 0 Å². The second-order valence-corrected chi connectivity index (χ2v) is 8.35. The van der Waals surface area contributed by atoms with Crippen LogP contribution in [0.25, 0.3) is 0 Å². The van der Waals surface area contributed by atoms with Crippen LogP contribution in [0.3, 0.4) is 0 Å². The number of halogens is 2. The minimum atomic E-state index is -0.0309. The van der Waals surface area contributed by atoms with Gasteiger partial charge in [-0.3, -0.25) is 0 Å². The first kappa shape index (κ1) is 19.8. The van der Waals surface area contributed by atoms with Gasteiger partial charge in [0, 0.05) is 28.3 Å². The number of nitrogens with one attached hydrogen (secondary N) is 1. The van der Waals surface area contributed by atoms with Crippen LogP contribution in [-0.4, -0.2) is 48.1 Å². The van der Waals surface area contributed by atoms with E-state index in [1.807, 2.05) is 4.90 Å². The maximum absolute atomic E-state index is 13.0. The van der Waals surface area contributed by atoms with Gasteiger partial charge in [-0.25, -0.2) is 4.79 Å². The third-order valence-corrected chi connectivity index (χ3v) is 5.90. The molecule has 2 fully saturated rings. The van der Waals surface area contributed by atoms with Gasteiger partial charge in [0.15, 0.2) is 0 Å². The van der Waals surface area contributed by atoms with E-state index in [0.717, 1.165) is 32.4 Å². The van der Waals surface area contributed by atoms with Crippen molar-refractivity contribution in [2.75, 3.05) is 31.5 Å². The second kappa shape index (κ2) is 9.82. The SMILES string of the molecule is O=C(Nc1cc(Cl)cc(Cl)c1)N(CCCN1CCCC1)C1CCCCC1. The van der Waals surface area contributed by atoms with Crippen LogP contribution in [0.2, 0.25) is 10.0 Å². The summed E-state index contributed by atoms with van der Waals surface area (Å²) >= 11 is 12.1. The van der Waals surface area contributed by atoms with Crippen molar-refractivity contribution in [3.05, 3.63) is 28.2 Å². The first-order valence-electron chi connectivity index (χ1n) is 9.88. The van der Waals surface area contributed by atoms with Crippen LogP contribution in [0.5, 0.6) is 0 Å². The molecule has 0 unspecified atom stereocenters. The third-order valence-electron chi connectivity index (χ3n) is 5.46. The Hall–Kier alpha value is -0.970. The molecule has 1 aliphatic carbocycles. The Labute approximate surface area is 166 Å². The van der Waals surface area contributed by atoms with Crippen LogP contribution in [0.1, 0.15) is 51.4 Å². The Kier molecular flexibility index (Phi) is 7.47. The van der Waals surface area contributed by atoms with Crippen LogP contribution < -0.4 is 5.32 Å². The van der Waals surface area contributed by atoms with Crippen LogP contribution in [-0.2, 0) is 0 Å². The summed E-state index contributed by atoms with van der Waals surface area (Å²) in [7, 11) is 0. The molecule has 1 aromatic carbocycles. The quantitative estimate of drug-likeness (QED) is 0.673. The van der Waals surface area contributed by atoms with Crippen molar-refractivity contribution in [3.8, 4) is 0 Å². The molecular weight excluding hydrogens is 369 g/mol. The molecule has 144 valence electrons. The van der Waals surface area contributed by atoms with E-state index < -0.39 is 0 Å². The molecule has 2 aliphatic rings. The molecule has 1 aliphatic heterocycles. The number of likely N-dealkylation sites (tertiary alicyclic amines) is 1. The molecule has 0 bridgehead atoms. The van der Waals surface area contributed by atoms with Gasteiger partial charge in [-0.2, -0.15) is 0 Å². The number of anilines is 1. The summed E-state index contributed by atoms with van der Waals surface area (Å²) in [5.74, 6) is 0. The van der Waals surface area contributed by atoms with Gasteiger partial charge >= 0.3 is 6.03 Å². The van der Waals surface area contributed by atoms with E-state index in [-0.39, 0.29) is 6.03 Å². The van der Waals surface area contributed by atoms with Gasteiger partial charge in [-0.1, -0.05) is 42.5 Å². The summed E-state index contributed by atoms with van der Waals surface area (Å²) in [6, 6.07) is 5.48. The van der Waals surface area contributed by atoms with Crippen LogP contribution >= 0.6 is 23.2 Å². The van der Waals surface area contributed by atoms with E-state index in [9.17, 15) is 4.79 Å². The highest BCUT2D eigenvalue weighted by Gasteiger charge is 2.25. The Morgan fingerprint density at radius 3 is 2.35 bits per heavy atom. The average molecular weight is 398 g/mol. The zero-order chi connectivity index (χ0) is 18.4. The van der Waals surface area contributed by atoms with Crippen molar-refractivity contribution >= 4 is 34.9 Å². The summed E-state index contributed by atoms with van der Waals surface area (Å²) < 4.78 is 0. The number of urea groups is 1. The lowest BCUT2D eigenvalue weighted by molar-refractivity contribution is 0.162. The topological polar surface area (TPSA) is 35.6 Å².